The van der Waals surface area contributed by atoms with E-state index in [1.807, 2.05) is 31.3 Å². The van der Waals surface area contributed by atoms with Crippen molar-refractivity contribution < 1.29 is 6.22 Å². The van der Waals surface area contributed by atoms with Crippen molar-refractivity contribution in [3.8, 4) is 0 Å². The predicted molar refractivity (Wildman–Crippen MR) is 148 cm³/mol. The van der Waals surface area contributed by atoms with Crippen molar-refractivity contribution in [1.29, 1.82) is 0 Å². The molecule has 1 saturated heterocycles. The number of rotatable bonds is 5. The first-order valence-corrected chi connectivity index (χ1v) is 12.5. The lowest BCUT2D eigenvalue weighted by atomic mass is 9.97. The first-order chi connectivity index (χ1) is 17.2. The van der Waals surface area contributed by atoms with Crippen LogP contribution in [0.1, 0.15) is 62.5 Å². The lowest BCUT2D eigenvalue weighted by molar-refractivity contribution is -0.109. The molecule has 0 unspecified atom stereocenters. The maximum Gasteiger partial charge on any atom is 0.187 e. The number of nitrogens with zero attached hydrogens (tertiary/aromatic N) is 1. The summed E-state index contributed by atoms with van der Waals surface area (Å²) in [5, 5.41) is 0. The molecule has 0 saturated carbocycles. The van der Waals surface area contributed by atoms with E-state index in [0.717, 1.165) is 16.8 Å². The largest absolute Gasteiger partial charge is 0.361 e. The molecule has 3 nitrogen and oxygen atoms in total. The fourth-order valence-corrected chi connectivity index (χ4v) is 4.80. The highest BCUT2D eigenvalue weighted by Gasteiger charge is 2.22. The fourth-order valence-electron chi connectivity index (χ4n) is 4.80. The van der Waals surface area contributed by atoms with E-state index in [1.165, 1.54) is 56.0 Å². The van der Waals surface area contributed by atoms with E-state index >= 15 is 0 Å². The third-order valence-electron chi connectivity index (χ3n) is 6.55. The van der Waals surface area contributed by atoms with Gasteiger partial charge in [0, 0.05) is 18.8 Å². The SMILES string of the molecule is C=CC(=O)C1=CC(C)=C=Cc2cc[nH]c21.[HH].c1ccc(C(c2ccccc2)N2CCCCCC2)cc1. The van der Waals surface area contributed by atoms with E-state index in [-0.39, 0.29) is 7.21 Å². The molecule has 1 aliphatic heterocycles. The zero-order valence-corrected chi connectivity index (χ0v) is 20.5. The smallest absolute Gasteiger partial charge is 0.187 e. The minimum absolute atomic E-state index is 0. The summed E-state index contributed by atoms with van der Waals surface area (Å²) >= 11 is 0. The third kappa shape index (κ3) is 6.27. The molecule has 3 aromatic rings. The molecular weight excluding hydrogens is 428 g/mol. The Morgan fingerprint density at radius 3 is 2.14 bits per heavy atom. The van der Waals surface area contributed by atoms with Crippen molar-refractivity contribution in [2.45, 2.75) is 38.6 Å². The Balaban J connectivity index is 0.000000203. The molecule has 0 bridgehead atoms. The summed E-state index contributed by atoms with van der Waals surface area (Å²) in [5.74, 6) is -0.0739. The van der Waals surface area contributed by atoms with E-state index < -0.39 is 0 Å². The molecule has 2 aromatic carbocycles. The Bertz CT molecular complexity index is 1190. The second kappa shape index (κ2) is 12.2. The van der Waals surface area contributed by atoms with Crippen LogP contribution < -0.4 is 0 Å². The molecule has 2 heterocycles. The molecule has 0 atom stereocenters. The van der Waals surface area contributed by atoms with Gasteiger partial charge in [-0.3, -0.25) is 9.69 Å². The van der Waals surface area contributed by atoms with Gasteiger partial charge in [0.05, 0.1) is 11.7 Å². The third-order valence-corrected chi connectivity index (χ3v) is 6.55. The van der Waals surface area contributed by atoms with Crippen LogP contribution in [0.5, 0.6) is 0 Å². The Kier molecular flexibility index (Phi) is 8.51. The summed E-state index contributed by atoms with van der Waals surface area (Å²) < 4.78 is 0. The molecule has 1 aliphatic carbocycles. The monoisotopic (exact) mass is 464 g/mol. The van der Waals surface area contributed by atoms with Crippen LogP contribution in [0.3, 0.4) is 0 Å². The highest BCUT2D eigenvalue weighted by atomic mass is 16.1. The number of likely N-dealkylation sites (tertiary alicyclic amines) is 1. The van der Waals surface area contributed by atoms with E-state index in [9.17, 15) is 4.79 Å². The number of allylic oxidation sites excluding steroid dienone is 4. The normalized spacial score (nSPS) is 15.6. The molecule has 35 heavy (non-hydrogen) atoms. The van der Waals surface area contributed by atoms with Gasteiger partial charge in [-0.1, -0.05) is 80.1 Å². The Hall–Kier alpha value is -3.65. The van der Waals surface area contributed by atoms with Crippen molar-refractivity contribution >= 4 is 17.4 Å². The Morgan fingerprint density at radius 1 is 0.971 bits per heavy atom. The van der Waals surface area contributed by atoms with Crippen molar-refractivity contribution in [2.24, 2.45) is 0 Å². The molecule has 180 valence electrons. The number of hydrogen-bond donors (Lipinski definition) is 1. The van der Waals surface area contributed by atoms with Gasteiger partial charge in [-0.2, -0.15) is 0 Å². The maximum absolute atomic E-state index is 11.7. The molecule has 1 aromatic heterocycles. The van der Waals surface area contributed by atoms with Crippen molar-refractivity contribution in [2.75, 3.05) is 13.1 Å². The lowest BCUT2D eigenvalue weighted by Gasteiger charge is -2.31. The first-order valence-electron chi connectivity index (χ1n) is 12.5. The van der Waals surface area contributed by atoms with Gasteiger partial charge in [0.15, 0.2) is 5.78 Å². The van der Waals surface area contributed by atoms with Gasteiger partial charge < -0.3 is 4.98 Å². The van der Waals surface area contributed by atoms with Crippen LogP contribution >= 0.6 is 0 Å². The topological polar surface area (TPSA) is 36.1 Å². The number of carbonyl (C=O) groups is 1. The van der Waals surface area contributed by atoms with Crippen LogP contribution in [-0.2, 0) is 4.79 Å². The summed E-state index contributed by atoms with van der Waals surface area (Å²) in [5.41, 5.74) is 9.33. The fraction of sp³-hybridized carbons (Fsp3) is 0.250. The van der Waals surface area contributed by atoms with Crippen LogP contribution in [0.4, 0.5) is 0 Å². The summed E-state index contributed by atoms with van der Waals surface area (Å²) in [6, 6.07) is 24.2. The molecule has 1 N–H and O–H groups in total. The number of H-pyrrole nitrogens is 1. The van der Waals surface area contributed by atoms with Crippen LogP contribution in [0.25, 0.3) is 11.6 Å². The highest BCUT2D eigenvalue weighted by Crippen LogP contribution is 2.30. The summed E-state index contributed by atoms with van der Waals surface area (Å²) in [6.07, 6.45) is 12.3. The number of ketones is 1. The van der Waals surface area contributed by atoms with Gasteiger partial charge in [-0.25, -0.2) is 0 Å². The maximum atomic E-state index is 11.7. The lowest BCUT2D eigenvalue weighted by Crippen LogP contribution is -2.30. The van der Waals surface area contributed by atoms with Gasteiger partial charge in [-0.15, -0.1) is 5.73 Å². The second-order valence-electron chi connectivity index (χ2n) is 9.08. The van der Waals surface area contributed by atoms with Crippen LogP contribution in [-0.4, -0.2) is 28.8 Å². The van der Waals surface area contributed by atoms with Crippen molar-refractivity contribution in [1.82, 2.24) is 9.88 Å². The molecule has 3 heteroatoms. The van der Waals surface area contributed by atoms with Crippen LogP contribution in [0.15, 0.2) is 103 Å². The average Bonchev–Trinajstić information content (AvgIpc) is 3.11. The molecule has 0 spiro atoms. The number of benzene rings is 2. The Labute approximate surface area is 210 Å². The van der Waals surface area contributed by atoms with Crippen molar-refractivity contribution in [3.05, 3.63) is 125 Å². The number of nitrogens with one attached hydrogen (secondary N) is 1. The van der Waals surface area contributed by atoms with Gasteiger partial charge in [0.25, 0.3) is 0 Å². The number of carbonyl (C=O) groups excluding carboxylic acids is 1. The minimum atomic E-state index is -0.0739. The first kappa shape index (κ1) is 24.5. The number of aromatic nitrogens is 1. The van der Waals surface area contributed by atoms with Gasteiger partial charge in [0.1, 0.15) is 0 Å². The summed E-state index contributed by atoms with van der Waals surface area (Å²) in [4.78, 5) is 17.4. The molecule has 0 amide bonds. The quantitative estimate of drug-likeness (QED) is 0.311. The van der Waals surface area contributed by atoms with E-state index in [0.29, 0.717) is 11.6 Å². The minimum Gasteiger partial charge on any atom is -0.361 e. The van der Waals surface area contributed by atoms with Gasteiger partial charge in [0.2, 0.25) is 0 Å². The van der Waals surface area contributed by atoms with Crippen LogP contribution in [0.2, 0.25) is 0 Å². The predicted octanol–water partition coefficient (Wildman–Crippen LogP) is 7.62. The van der Waals surface area contributed by atoms with Crippen molar-refractivity contribution in [3.63, 3.8) is 0 Å². The molecule has 2 aliphatic rings. The zero-order chi connectivity index (χ0) is 24.5. The van der Waals surface area contributed by atoms with Gasteiger partial charge in [-0.05, 0) is 73.8 Å². The number of hydrogen-bond acceptors (Lipinski definition) is 2. The molecular formula is C32H36N2O. The zero-order valence-electron chi connectivity index (χ0n) is 20.5. The van der Waals surface area contributed by atoms with Crippen LogP contribution in [0, 0.1) is 0 Å². The molecule has 5 rings (SSSR count). The van der Waals surface area contributed by atoms with E-state index in [1.54, 1.807) is 0 Å². The highest BCUT2D eigenvalue weighted by molar-refractivity contribution is 6.26. The second-order valence-corrected chi connectivity index (χ2v) is 9.08. The summed E-state index contributed by atoms with van der Waals surface area (Å²) in [6.45, 7) is 7.85. The van der Waals surface area contributed by atoms with E-state index in [4.69, 9.17) is 0 Å². The molecule has 1 fully saturated rings. The van der Waals surface area contributed by atoms with E-state index in [2.05, 4.69) is 82.9 Å². The number of fused-ring (bicyclic) bond motifs is 1. The van der Waals surface area contributed by atoms with Gasteiger partial charge >= 0.3 is 0 Å². The number of aromatic amines is 1. The average molecular weight is 465 g/mol. The molecule has 0 radical (unpaired) electrons. The Morgan fingerprint density at radius 2 is 1.57 bits per heavy atom. The summed E-state index contributed by atoms with van der Waals surface area (Å²) in [7, 11) is 0. The standard InChI is InChI=1S/C19H23N.C13H11NO.H2/c1-2-10-16-20(15-9-1)19(17-11-5-3-6-12-17)18-13-7-4-8-14-18;1-3-12(15)11-8-9(2)4-5-10-6-7-14-13(10)11;/h3-8,11-14,19H,1-2,9-10,15-16H2;3,5-8,14H,1H2,2H3;1H.